The van der Waals surface area contributed by atoms with E-state index in [-0.39, 0.29) is 16.0 Å². The predicted molar refractivity (Wildman–Crippen MR) is 80.1 cm³/mol. The molecule has 1 aromatic carbocycles. The van der Waals surface area contributed by atoms with Crippen molar-refractivity contribution >= 4 is 21.6 Å². The van der Waals surface area contributed by atoms with Crippen LogP contribution in [0.3, 0.4) is 0 Å². The summed E-state index contributed by atoms with van der Waals surface area (Å²) in [6.07, 6.45) is 4.04. The number of allylic oxidation sites excluding steroid dienone is 1. The number of halogens is 1. The summed E-state index contributed by atoms with van der Waals surface area (Å²) in [4.78, 5) is 0.172. The number of benzene rings is 1. The lowest BCUT2D eigenvalue weighted by Gasteiger charge is -2.31. The molecule has 0 saturated heterocycles. The Hall–Kier alpha value is -0.840. The minimum Gasteiger partial charge on any atom is -0.207 e. The fraction of sp³-hybridized carbons (Fsp3) is 0.467. The maximum absolute atomic E-state index is 12.5. The quantitative estimate of drug-likeness (QED) is 0.870. The molecule has 5 heteroatoms. The van der Waals surface area contributed by atoms with Gasteiger partial charge >= 0.3 is 0 Å². The fourth-order valence-corrected chi connectivity index (χ4v) is 5.45. The molecule has 1 aromatic rings. The Morgan fingerprint density at radius 3 is 2.35 bits per heavy atom. The summed E-state index contributed by atoms with van der Waals surface area (Å²) in [5.41, 5.74) is 1.26. The number of hydrogen-bond donors (Lipinski definition) is 1. The van der Waals surface area contributed by atoms with E-state index in [4.69, 9.17) is 11.6 Å². The molecule has 2 saturated carbocycles. The molecule has 2 aliphatic rings. The number of nitrogens with one attached hydrogen (secondary N) is 1. The van der Waals surface area contributed by atoms with Gasteiger partial charge in [-0.15, -0.1) is 0 Å². The van der Waals surface area contributed by atoms with Crippen LogP contribution in [0.5, 0.6) is 0 Å². The van der Waals surface area contributed by atoms with Gasteiger partial charge in [0.1, 0.15) is 4.90 Å². The Morgan fingerprint density at radius 2 is 1.75 bits per heavy atom. The van der Waals surface area contributed by atoms with Crippen molar-refractivity contribution in [3.63, 3.8) is 0 Å². The summed E-state index contributed by atoms with van der Waals surface area (Å²) in [6.45, 7) is 4.06. The van der Waals surface area contributed by atoms with E-state index in [1.807, 2.05) is 0 Å². The van der Waals surface area contributed by atoms with Gasteiger partial charge < -0.3 is 0 Å². The van der Waals surface area contributed by atoms with E-state index in [0.29, 0.717) is 11.8 Å². The van der Waals surface area contributed by atoms with Gasteiger partial charge in [0.05, 0.1) is 5.02 Å². The average Bonchev–Trinajstić information content (AvgIpc) is 2.61. The maximum Gasteiger partial charge on any atom is 0.242 e. The van der Waals surface area contributed by atoms with Gasteiger partial charge in [0.2, 0.25) is 10.0 Å². The van der Waals surface area contributed by atoms with Crippen LogP contribution in [0.15, 0.2) is 41.3 Å². The Labute approximate surface area is 125 Å². The molecule has 2 fully saturated rings. The van der Waals surface area contributed by atoms with Gasteiger partial charge in [-0.25, -0.2) is 13.1 Å². The first kappa shape index (κ1) is 14.1. The molecule has 2 atom stereocenters. The lowest BCUT2D eigenvalue weighted by molar-refractivity contribution is 0.332. The average molecular weight is 312 g/mol. The third kappa shape index (κ3) is 2.52. The summed E-state index contributed by atoms with van der Waals surface area (Å²) in [7, 11) is -3.55. The molecule has 0 aromatic heterocycles. The van der Waals surface area contributed by atoms with E-state index in [9.17, 15) is 8.42 Å². The Kier molecular flexibility index (Phi) is 3.65. The standard InChI is InChI=1S/C15H18ClNO2S/c1-10-8-11-6-7-12(9-10)15(11)17-20(18,19)14-5-3-2-4-13(14)16/h2-5,11-12,15,17H,1,6-9H2. The van der Waals surface area contributed by atoms with Crippen LogP contribution in [0.2, 0.25) is 5.02 Å². The van der Waals surface area contributed by atoms with E-state index >= 15 is 0 Å². The van der Waals surface area contributed by atoms with Gasteiger partial charge in [-0.05, 0) is 49.7 Å². The van der Waals surface area contributed by atoms with E-state index < -0.39 is 10.0 Å². The van der Waals surface area contributed by atoms with Crippen molar-refractivity contribution in [1.29, 1.82) is 0 Å². The molecule has 0 amide bonds. The van der Waals surface area contributed by atoms with E-state index in [1.165, 1.54) is 5.57 Å². The topological polar surface area (TPSA) is 46.2 Å². The third-order valence-corrected chi connectivity index (χ3v) is 6.40. The van der Waals surface area contributed by atoms with Gasteiger partial charge in [0.15, 0.2) is 0 Å². The van der Waals surface area contributed by atoms with Crippen LogP contribution in [0.1, 0.15) is 25.7 Å². The molecule has 0 heterocycles. The molecule has 2 aliphatic carbocycles. The normalized spacial score (nSPS) is 29.6. The van der Waals surface area contributed by atoms with Gasteiger partial charge in [-0.2, -0.15) is 0 Å². The monoisotopic (exact) mass is 311 g/mol. The number of rotatable bonds is 3. The summed E-state index contributed by atoms with van der Waals surface area (Å²) >= 11 is 6.00. The first-order valence-corrected chi connectivity index (χ1v) is 8.77. The lowest BCUT2D eigenvalue weighted by Crippen LogP contribution is -2.43. The van der Waals surface area contributed by atoms with Crippen LogP contribution in [0.25, 0.3) is 0 Å². The van der Waals surface area contributed by atoms with Gasteiger partial charge in [0, 0.05) is 6.04 Å². The second-order valence-electron chi connectivity index (χ2n) is 5.83. The summed E-state index contributed by atoms with van der Waals surface area (Å²) in [6, 6.07) is 6.61. The molecule has 108 valence electrons. The van der Waals surface area contributed by atoms with Crippen molar-refractivity contribution in [3.8, 4) is 0 Å². The van der Waals surface area contributed by atoms with Gasteiger partial charge in [-0.3, -0.25) is 0 Å². The maximum atomic E-state index is 12.5. The Balaban J connectivity index is 1.85. The zero-order chi connectivity index (χ0) is 14.3. The lowest BCUT2D eigenvalue weighted by atomic mass is 9.82. The highest BCUT2D eigenvalue weighted by Gasteiger charge is 2.42. The van der Waals surface area contributed by atoms with Crippen LogP contribution in [-0.4, -0.2) is 14.5 Å². The van der Waals surface area contributed by atoms with Crippen LogP contribution in [0, 0.1) is 11.8 Å². The highest BCUT2D eigenvalue weighted by atomic mass is 35.5. The van der Waals surface area contributed by atoms with Gasteiger partial charge in [0.25, 0.3) is 0 Å². The molecule has 0 spiro atoms. The first-order chi connectivity index (χ1) is 9.47. The van der Waals surface area contributed by atoms with Crippen molar-refractivity contribution < 1.29 is 8.42 Å². The van der Waals surface area contributed by atoms with Crippen LogP contribution >= 0.6 is 11.6 Å². The molecular weight excluding hydrogens is 294 g/mol. The van der Waals surface area contributed by atoms with Crippen LogP contribution in [0.4, 0.5) is 0 Å². The highest BCUT2D eigenvalue weighted by molar-refractivity contribution is 7.89. The molecule has 2 unspecified atom stereocenters. The van der Waals surface area contributed by atoms with Crippen LogP contribution < -0.4 is 4.72 Å². The van der Waals surface area contributed by atoms with E-state index in [0.717, 1.165) is 25.7 Å². The first-order valence-electron chi connectivity index (χ1n) is 6.91. The van der Waals surface area contributed by atoms with Gasteiger partial charge in [-0.1, -0.05) is 35.9 Å². The Morgan fingerprint density at radius 1 is 1.15 bits per heavy atom. The van der Waals surface area contributed by atoms with Crippen molar-refractivity contribution in [3.05, 3.63) is 41.4 Å². The zero-order valence-corrected chi connectivity index (χ0v) is 12.8. The minimum absolute atomic E-state index is 0.0294. The fourth-order valence-electron chi connectivity index (χ4n) is 3.55. The summed E-state index contributed by atoms with van der Waals surface area (Å²) in [5, 5.41) is 0.271. The number of sulfonamides is 1. The van der Waals surface area contributed by atoms with E-state index in [2.05, 4.69) is 11.3 Å². The number of hydrogen-bond acceptors (Lipinski definition) is 2. The smallest absolute Gasteiger partial charge is 0.207 e. The van der Waals surface area contributed by atoms with Crippen molar-refractivity contribution in [2.45, 2.75) is 36.6 Å². The summed E-state index contributed by atoms with van der Waals surface area (Å²) < 4.78 is 27.9. The molecule has 0 radical (unpaired) electrons. The van der Waals surface area contributed by atoms with Crippen molar-refractivity contribution in [1.82, 2.24) is 4.72 Å². The highest BCUT2D eigenvalue weighted by Crippen LogP contribution is 2.44. The Bertz CT molecular complexity index is 625. The molecule has 20 heavy (non-hydrogen) atoms. The molecule has 2 bridgehead atoms. The second-order valence-corrected chi connectivity index (χ2v) is 7.92. The molecule has 3 nitrogen and oxygen atoms in total. The third-order valence-electron chi connectivity index (χ3n) is 4.44. The second kappa shape index (κ2) is 5.17. The van der Waals surface area contributed by atoms with Crippen molar-refractivity contribution in [2.75, 3.05) is 0 Å². The van der Waals surface area contributed by atoms with E-state index in [1.54, 1.807) is 24.3 Å². The molecule has 0 aliphatic heterocycles. The summed E-state index contributed by atoms with van der Waals surface area (Å²) in [5.74, 6) is 0.775. The minimum atomic E-state index is -3.55. The SMILES string of the molecule is C=C1CC2CCC(C1)C2NS(=O)(=O)c1ccccc1Cl. The predicted octanol–water partition coefficient (Wildman–Crippen LogP) is 3.36. The van der Waals surface area contributed by atoms with Crippen molar-refractivity contribution in [2.24, 2.45) is 11.8 Å². The molecular formula is C15H18ClNO2S. The number of fused-ring (bicyclic) bond motifs is 2. The zero-order valence-electron chi connectivity index (χ0n) is 11.2. The largest absolute Gasteiger partial charge is 0.242 e. The molecule has 3 rings (SSSR count). The molecule has 1 N–H and O–H groups in total. The van der Waals surface area contributed by atoms with Crippen LogP contribution in [-0.2, 0) is 10.0 Å².